The summed E-state index contributed by atoms with van der Waals surface area (Å²) in [5.41, 5.74) is 8.20. The Morgan fingerprint density at radius 1 is 1.39 bits per heavy atom. The first-order chi connectivity index (χ1) is 8.67. The van der Waals surface area contributed by atoms with E-state index in [1.165, 1.54) is 0 Å². The fourth-order valence-electron chi connectivity index (χ4n) is 2.23. The molecule has 1 aromatic heterocycles. The van der Waals surface area contributed by atoms with E-state index in [1.54, 1.807) is 0 Å². The molecule has 0 spiro atoms. The van der Waals surface area contributed by atoms with E-state index in [9.17, 15) is 0 Å². The second-order valence-electron chi connectivity index (χ2n) is 4.51. The monoisotopic (exact) mass is 247 g/mol. The summed E-state index contributed by atoms with van der Waals surface area (Å²) in [5.74, 6) is 1.80. The minimum Gasteiger partial charge on any atom is -0.494 e. The number of hydrogen-bond acceptors (Lipinski definition) is 3. The average molecular weight is 247 g/mol. The van der Waals surface area contributed by atoms with Crippen molar-refractivity contribution in [3.05, 3.63) is 24.0 Å². The van der Waals surface area contributed by atoms with E-state index in [0.717, 1.165) is 35.4 Å². The fraction of sp³-hybridized carbons (Fsp3) is 0.500. The van der Waals surface area contributed by atoms with Gasteiger partial charge in [-0.3, -0.25) is 0 Å². The summed E-state index contributed by atoms with van der Waals surface area (Å²) in [7, 11) is 2.01. The third kappa shape index (κ3) is 2.34. The molecule has 18 heavy (non-hydrogen) atoms. The van der Waals surface area contributed by atoms with Gasteiger partial charge in [-0.05, 0) is 25.5 Å². The molecule has 1 unspecified atom stereocenters. The molecule has 1 heterocycles. The quantitative estimate of drug-likeness (QED) is 0.884. The van der Waals surface area contributed by atoms with Crippen LogP contribution in [0.1, 0.15) is 38.6 Å². The summed E-state index contributed by atoms with van der Waals surface area (Å²) in [4.78, 5) is 4.63. The lowest BCUT2D eigenvalue weighted by molar-refractivity contribution is 0.340. The standard InChI is InChI=1S/C14H21N3O/c1-4-6-11(15)14-16-12-9-10(18-5-2)7-8-13(12)17(14)3/h7-9,11H,4-6,15H2,1-3H3. The van der Waals surface area contributed by atoms with Crippen LogP contribution in [0.25, 0.3) is 11.0 Å². The number of benzene rings is 1. The predicted molar refractivity (Wildman–Crippen MR) is 73.7 cm³/mol. The van der Waals surface area contributed by atoms with Gasteiger partial charge in [0.2, 0.25) is 0 Å². The summed E-state index contributed by atoms with van der Waals surface area (Å²) in [6, 6.07) is 5.99. The van der Waals surface area contributed by atoms with Crippen molar-refractivity contribution in [2.45, 2.75) is 32.7 Å². The molecule has 0 radical (unpaired) electrons. The molecular formula is C14H21N3O. The van der Waals surface area contributed by atoms with E-state index in [4.69, 9.17) is 10.5 Å². The molecule has 2 aromatic rings. The van der Waals surface area contributed by atoms with Crippen LogP contribution >= 0.6 is 0 Å². The molecule has 0 bridgehead atoms. The van der Waals surface area contributed by atoms with Crippen LogP contribution in [0, 0.1) is 0 Å². The van der Waals surface area contributed by atoms with Crippen molar-refractivity contribution >= 4 is 11.0 Å². The number of nitrogens with zero attached hydrogens (tertiary/aromatic N) is 2. The third-order valence-corrected chi connectivity index (χ3v) is 3.13. The molecule has 0 fully saturated rings. The number of hydrogen-bond donors (Lipinski definition) is 1. The van der Waals surface area contributed by atoms with Gasteiger partial charge in [0.1, 0.15) is 11.6 Å². The Kier molecular flexibility index (Phi) is 3.87. The van der Waals surface area contributed by atoms with Crippen molar-refractivity contribution < 1.29 is 4.74 Å². The van der Waals surface area contributed by atoms with Gasteiger partial charge >= 0.3 is 0 Å². The zero-order valence-corrected chi connectivity index (χ0v) is 11.3. The Labute approximate surface area is 108 Å². The summed E-state index contributed by atoms with van der Waals surface area (Å²) in [6.45, 7) is 4.78. The smallest absolute Gasteiger partial charge is 0.126 e. The lowest BCUT2D eigenvalue weighted by atomic mass is 10.2. The minimum atomic E-state index is 0.00273. The van der Waals surface area contributed by atoms with E-state index in [2.05, 4.69) is 16.5 Å². The largest absolute Gasteiger partial charge is 0.494 e. The van der Waals surface area contributed by atoms with Crippen LogP contribution < -0.4 is 10.5 Å². The summed E-state index contributed by atoms with van der Waals surface area (Å²) >= 11 is 0. The van der Waals surface area contributed by atoms with Crippen molar-refractivity contribution in [3.8, 4) is 5.75 Å². The van der Waals surface area contributed by atoms with Gasteiger partial charge in [-0.2, -0.15) is 0 Å². The van der Waals surface area contributed by atoms with Crippen LogP contribution in [-0.4, -0.2) is 16.2 Å². The normalized spacial score (nSPS) is 12.9. The second kappa shape index (κ2) is 5.40. The summed E-state index contributed by atoms with van der Waals surface area (Å²) in [5, 5.41) is 0. The molecule has 1 atom stereocenters. The van der Waals surface area contributed by atoms with Crippen molar-refractivity contribution in [2.75, 3.05) is 6.61 Å². The van der Waals surface area contributed by atoms with Crippen LogP contribution in [0.5, 0.6) is 5.75 Å². The Morgan fingerprint density at radius 2 is 2.17 bits per heavy atom. The van der Waals surface area contributed by atoms with Gasteiger partial charge in [-0.15, -0.1) is 0 Å². The maximum absolute atomic E-state index is 6.15. The zero-order chi connectivity index (χ0) is 13.1. The number of imidazole rings is 1. The Morgan fingerprint density at radius 3 is 2.83 bits per heavy atom. The lowest BCUT2D eigenvalue weighted by Crippen LogP contribution is -2.14. The van der Waals surface area contributed by atoms with Crippen LogP contribution in [0.4, 0.5) is 0 Å². The SMILES string of the molecule is CCCC(N)c1nc2cc(OCC)ccc2n1C. The maximum Gasteiger partial charge on any atom is 0.126 e. The molecule has 0 saturated carbocycles. The van der Waals surface area contributed by atoms with Gasteiger partial charge in [0, 0.05) is 13.1 Å². The first-order valence-corrected chi connectivity index (χ1v) is 6.52. The highest BCUT2D eigenvalue weighted by Crippen LogP contribution is 2.24. The molecular weight excluding hydrogens is 226 g/mol. The van der Waals surface area contributed by atoms with E-state index in [0.29, 0.717) is 6.61 Å². The van der Waals surface area contributed by atoms with Crippen molar-refractivity contribution in [1.82, 2.24) is 9.55 Å². The van der Waals surface area contributed by atoms with Crippen LogP contribution in [0.15, 0.2) is 18.2 Å². The topological polar surface area (TPSA) is 53.1 Å². The van der Waals surface area contributed by atoms with Gasteiger partial charge in [0.05, 0.1) is 23.7 Å². The van der Waals surface area contributed by atoms with E-state index < -0.39 is 0 Å². The van der Waals surface area contributed by atoms with E-state index in [1.807, 2.05) is 32.2 Å². The van der Waals surface area contributed by atoms with Crippen LogP contribution in [-0.2, 0) is 7.05 Å². The first-order valence-electron chi connectivity index (χ1n) is 6.52. The van der Waals surface area contributed by atoms with Gasteiger partial charge < -0.3 is 15.0 Å². The fourth-order valence-corrected chi connectivity index (χ4v) is 2.23. The minimum absolute atomic E-state index is 0.00273. The van der Waals surface area contributed by atoms with E-state index in [-0.39, 0.29) is 6.04 Å². The predicted octanol–water partition coefficient (Wildman–Crippen LogP) is 2.77. The molecule has 1 aromatic carbocycles. The van der Waals surface area contributed by atoms with Crippen molar-refractivity contribution in [2.24, 2.45) is 12.8 Å². The molecule has 2 rings (SSSR count). The van der Waals surface area contributed by atoms with Gasteiger partial charge in [-0.25, -0.2) is 4.98 Å². The second-order valence-corrected chi connectivity index (χ2v) is 4.51. The maximum atomic E-state index is 6.15. The molecule has 0 aliphatic heterocycles. The van der Waals surface area contributed by atoms with Gasteiger partial charge in [0.25, 0.3) is 0 Å². The molecule has 0 aliphatic rings. The molecule has 2 N–H and O–H groups in total. The highest BCUT2D eigenvalue weighted by molar-refractivity contribution is 5.77. The Hall–Kier alpha value is -1.55. The summed E-state index contributed by atoms with van der Waals surface area (Å²) < 4.78 is 7.57. The zero-order valence-electron chi connectivity index (χ0n) is 11.3. The number of rotatable bonds is 5. The number of aryl methyl sites for hydroxylation is 1. The molecule has 98 valence electrons. The highest BCUT2D eigenvalue weighted by atomic mass is 16.5. The number of aromatic nitrogens is 2. The average Bonchev–Trinajstić information content (AvgIpc) is 2.67. The van der Waals surface area contributed by atoms with Crippen molar-refractivity contribution in [1.29, 1.82) is 0 Å². The molecule has 0 amide bonds. The van der Waals surface area contributed by atoms with Crippen LogP contribution in [0.2, 0.25) is 0 Å². The number of nitrogens with two attached hydrogens (primary N) is 1. The third-order valence-electron chi connectivity index (χ3n) is 3.13. The molecule has 0 saturated heterocycles. The highest BCUT2D eigenvalue weighted by Gasteiger charge is 2.14. The summed E-state index contributed by atoms with van der Waals surface area (Å²) in [6.07, 6.45) is 2.02. The van der Waals surface area contributed by atoms with E-state index >= 15 is 0 Å². The first kappa shape index (κ1) is 12.9. The van der Waals surface area contributed by atoms with Gasteiger partial charge in [0.15, 0.2) is 0 Å². The molecule has 0 aliphatic carbocycles. The Balaban J connectivity index is 2.42. The molecule has 4 heteroatoms. The molecule has 4 nitrogen and oxygen atoms in total. The Bertz CT molecular complexity index is 533. The van der Waals surface area contributed by atoms with Crippen molar-refractivity contribution in [3.63, 3.8) is 0 Å². The van der Waals surface area contributed by atoms with Crippen LogP contribution in [0.3, 0.4) is 0 Å². The number of ether oxygens (including phenoxy) is 1. The lowest BCUT2D eigenvalue weighted by Gasteiger charge is -2.09. The van der Waals surface area contributed by atoms with Gasteiger partial charge in [-0.1, -0.05) is 13.3 Å². The number of fused-ring (bicyclic) bond motifs is 1.